The Kier molecular flexibility index (Phi) is 4.76. The van der Waals surface area contributed by atoms with Crippen LogP contribution in [0.15, 0.2) is 18.2 Å². The van der Waals surface area contributed by atoms with Gasteiger partial charge in [0.15, 0.2) is 0 Å². The van der Waals surface area contributed by atoms with Gasteiger partial charge in [0.05, 0.1) is 6.10 Å². The van der Waals surface area contributed by atoms with Crippen LogP contribution in [0.2, 0.25) is 0 Å². The molecule has 114 valence electrons. The molecule has 1 saturated heterocycles. The van der Waals surface area contributed by atoms with E-state index < -0.39 is 0 Å². The van der Waals surface area contributed by atoms with Gasteiger partial charge < -0.3 is 15.4 Å². The van der Waals surface area contributed by atoms with Crippen molar-refractivity contribution in [3.8, 4) is 0 Å². The maximum atomic E-state index is 12.0. The molecule has 1 fully saturated rings. The number of anilines is 2. The molecular formula is C17H24N2O2. The lowest BCUT2D eigenvalue weighted by Crippen LogP contribution is -2.22. The second-order valence-corrected chi connectivity index (χ2v) is 5.98. The van der Waals surface area contributed by atoms with Gasteiger partial charge in [-0.2, -0.15) is 0 Å². The molecule has 0 bridgehead atoms. The summed E-state index contributed by atoms with van der Waals surface area (Å²) in [6, 6.07) is 6.16. The van der Waals surface area contributed by atoms with Gasteiger partial charge in [-0.3, -0.25) is 4.79 Å². The maximum Gasteiger partial charge on any atom is 0.224 e. The molecule has 4 nitrogen and oxygen atoms in total. The van der Waals surface area contributed by atoms with Gasteiger partial charge in [-0.15, -0.1) is 0 Å². The number of ether oxygens (including phenoxy) is 1. The number of carbonyl (C=O) groups is 1. The summed E-state index contributed by atoms with van der Waals surface area (Å²) in [4.78, 5) is 12.0. The number of nitrogens with one attached hydrogen (secondary N) is 2. The second-order valence-electron chi connectivity index (χ2n) is 5.98. The van der Waals surface area contributed by atoms with E-state index in [9.17, 15) is 4.79 Å². The Bertz CT molecular complexity index is 496. The molecule has 1 aromatic rings. The van der Waals surface area contributed by atoms with E-state index in [0.29, 0.717) is 6.42 Å². The van der Waals surface area contributed by atoms with Crippen LogP contribution in [0.25, 0.3) is 0 Å². The van der Waals surface area contributed by atoms with Gasteiger partial charge >= 0.3 is 0 Å². The molecule has 3 rings (SSSR count). The van der Waals surface area contributed by atoms with Gasteiger partial charge in [0.1, 0.15) is 0 Å². The van der Waals surface area contributed by atoms with Crippen LogP contribution >= 0.6 is 0 Å². The molecule has 0 aliphatic carbocycles. The van der Waals surface area contributed by atoms with Gasteiger partial charge in [-0.25, -0.2) is 0 Å². The highest BCUT2D eigenvalue weighted by molar-refractivity contribution is 5.91. The second kappa shape index (κ2) is 6.94. The number of hydrogen-bond donors (Lipinski definition) is 2. The summed E-state index contributed by atoms with van der Waals surface area (Å²) in [5, 5.41) is 6.39. The van der Waals surface area contributed by atoms with Crippen LogP contribution in [0.4, 0.5) is 11.4 Å². The van der Waals surface area contributed by atoms with Gasteiger partial charge in [0, 0.05) is 30.9 Å². The van der Waals surface area contributed by atoms with Crippen LogP contribution in [0.5, 0.6) is 0 Å². The van der Waals surface area contributed by atoms with Crippen LogP contribution in [0.3, 0.4) is 0 Å². The molecule has 0 aromatic heterocycles. The number of amides is 1. The number of fused-ring (bicyclic) bond motifs is 1. The van der Waals surface area contributed by atoms with Gasteiger partial charge in [0.25, 0.3) is 0 Å². The van der Waals surface area contributed by atoms with Crippen molar-refractivity contribution in [3.63, 3.8) is 0 Å². The lowest BCUT2D eigenvalue weighted by molar-refractivity contribution is -0.117. The first-order valence-electron chi connectivity index (χ1n) is 8.09. The molecule has 2 N–H and O–H groups in total. The molecule has 21 heavy (non-hydrogen) atoms. The normalized spacial score (nSPS) is 21.2. The van der Waals surface area contributed by atoms with Gasteiger partial charge in [-0.05, 0) is 56.2 Å². The predicted molar refractivity (Wildman–Crippen MR) is 84.7 cm³/mol. The van der Waals surface area contributed by atoms with Crippen molar-refractivity contribution < 1.29 is 9.53 Å². The third kappa shape index (κ3) is 3.97. The monoisotopic (exact) mass is 288 g/mol. The Hall–Kier alpha value is -1.55. The quantitative estimate of drug-likeness (QED) is 0.893. The fraction of sp³-hybridized carbons (Fsp3) is 0.588. The van der Waals surface area contributed by atoms with Crippen LogP contribution in [0, 0.1) is 0 Å². The SMILES string of the molecule is O=C(CCC1CCCCO1)Nc1ccc2c(c1)NCCC2. The third-order valence-corrected chi connectivity index (χ3v) is 4.30. The molecule has 0 spiro atoms. The molecule has 1 unspecified atom stereocenters. The molecule has 2 aliphatic rings. The standard InChI is InChI=1S/C17H24N2O2/c20-17(9-8-15-5-1-2-11-21-15)19-14-7-6-13-4-3-10-18-16(13)12-14/h6-7,12,15,18H,1-5,8-11H2,(H,19,20). The van der Waals surface area contributed by atoms with E-state index >= 15 is 0 Å². The molecule has 1 amide bonds. The smallest absolute Gasteiger partial charge is 0.224 e. The van der Waals surface area contributed by atoms with Crippen molar-refractivity contribution in [2.75, 3.05) is 23.8 Å². The number of aryl methyl sites for hydroxylation is 1. The zero-order valence-corrected chi connectivity index (χ0v) is 12.5. The number of benzene rings is 1. The summed E-state index contributed by atoms with van der Waals surface area (Å²) in [5.74, 6) is 0.0833. The fourth-order valence-electron chi connectivity index (χ4n) is 3.09. The first-order chi connectivity index (χ1) is 10.3. The average molecular weight is 288 g/mol. The topological polar surface area (TPSA) is 50.4 Å². The first-order valence-corrected chi connectivity index (χ1v) is 8.09. The van der Waals surface area contributed by atoms with Crippen molar-refractivity contribution >= 4 is 17.3 Å². The molecule has 2 heterocycles. The van der Waals surface area contributed by atoms with Crippen molar-refractivity contribution in [3.05, 3.63) is 23.8 Å². The summed E-state index contributed by atoms with van der Waals surface area (Å²) in [7, 11) is 0. The molecule has 0 radical (unpaired) electrons. The molecule has 1 aromatic carbocycles. The fourth-order valence-corrected chi connectivity index (χ4v) is 3.09. The highest BCUT2D eigenvalue weighted by Gasteiger charge is 2.15. The lowest BCUT2D eigenvalue weighted by atomic mass is 10.0. The molecule has 1 atom stereocenters. The van der Waals surface area contributed by atoms with E-state index in [1.165, 1.54) is 18.4 Å². The Morgan fingerprint density at radius 2 is 2.29 bits per heavy atom. The van der Waals surface area contributed by atoms with E-state index in [1.54, 1.807) is 0 Å². The molecule has 0 saturated carbocycles. The van der Waals surface area contributed by atoms with Crippen LogP contribution in [0.1, 0.15) is 44.1 Å². The van der Waals surface area contributed by atoms with Gasteiger partial charge in [-0.1, -0.05) is 6.07 Å². The van der Waals surface area contributed by atoms with E-state index in [0.717, 1.165) is 50.2 Å². The minimum absolute atomic E-state index is 0.0833. The van der Waals surface area contributed by atoms with Crippen molar-refractivity contribution in [2.24, 2.45) is 0 Å². The highest BCUT2D eigenvalue weighted by atomic mass is 16.5. The average Bonchev–Trinajstić information content (AvgIpc) is 2.54. The summed E-state index contributed by atoms with van der Waals surface area (Å²) in [5.41, 5.74) is 3.39. The maximum absolute atomic E-state index is 12.0. The zero-order chi connectivity index (χ0) is 14.5. The minimum Gasteiger partial charge on any atom is -0.385 e. The van der Waals surface area contributed by atoms with Crippen LogP contribution < -0.4 is 10.6 Å². The zero-order valence-electron chi connectivity index (χ0n) is 12.5. The summed E-state index contributed by atoms with van der Waals surface area (Å²) >= 11 is 0. The Morgan fingerprint density at radius 3 is 3.14 bits per heavy atom. The third-order valence-electron chi connectivity index (χ3n) is 4.30. The number of rotatable bonds is 4. The highest BCUT2D eigenvalue weighted by Crippen LogP contribution is 2.25. The largest absolute Gasteiger partial charge is 0.385 e. The Labute approximate surface area is 126 Å². The van der Waals surface area contributed by atoms with Crippen molar-refractivity contribution in [1.29, 1.82) is 0 Å². The Morgan fingerprint density at radius 1 is 1.33 bits per heavy atom. The van der Waals surface area contributed by atoms with E-state index in [1.807, 2.05) is 12.1 Å². The van der Waals surface area contributed by atoms with Gasteiger partial charge in [0.2, 0.25) is 5.91 Å². The summed E-state index contributed by atoms with van der Waals surface area (Å²) < 4.78 is 5.66. The lowest BCUT2D eigenvalue weighted by Gasteiger charge is -2.22. The minimum atomic E-state index is 0.0833. The van der Waals surface area contributed by atoms with Crippen LogP contribution in [-0.4, -0.2) is 25.2 Å². The predicted octanol–water partition coefficient (Wildman–Crippen LogP) is 3.33. The van der Waals surface area contributed by atoms with Crippen molar-refractivity contribution in [1.82, 2.24) is 0 Å². The molecule has 2 aliphatic heterocycles. The van der Waals surface area contributed by atoms with E-state index in [-0.39, 0.29) is 12.0 Å². The van der Waals surface area contributed by atoms with E-state index in [4.69, 9.17) is 4.74 Å². The molecule has 4 heteroatoms. The summed E-state index contributed by atoms with van der Waals surface area (Å²) in [6.45, 7) is 1.87. The first kappa shape index (κ1) is 14.4. The molecular weight excluding hydrogens is 264 g/mol. The van der Waals surface area contributed by atoms with E-state index in [2.05, 4.69) is 16.7 Å². The number of hydrogen-bond acceptors (Lipinski definition) is 3. The Balaban J connectivity index is 1.50. The van der Waals surface area contributed by atoms with Crippen molar-refractivity contribution in [2.45, 2.75) is 51.0 Å². The van der Waals surface area contributed by atoms with Crippen LogP contribution in [-0.2, 0) is 16.0 Å². The number of carbonyl (C=O) groups excluding carboxylic acids is 1. The summed E-state index contributed by atoms with van der Waals surface area (Å²) in [6.07, 6.45) is 7.42.